The molecule has 1 aliphatic carbocycles. The second-order valence-corrected chi connectivity index (χ2v) is 8.66. The first kappa shape index (κ1) is 21.5. The zero-order chi connectivity index (χ0) is 23.4. The molecule has 9 nitrogen and oxygen atoms in total. The molecule has 3 aliphatic rings. The van der Waals surface area contributed by atoms with Gasteiger partial charge in [-0.3, -0.25) is 4.79 Å². The molecule has 1 aromatic heterocycles. The Kier molecular flexibility index (Phi) is 5.13. The van der Waals surface area contributed by atoms with E-state index in [0.717, 1.165) is 18.9 Å². The highest BCUT2D eigenvalue weighted by Crippen LogP contribution is 2.42. The van der Waals surface area contributed by atoms with Crippen molar-refractivity contribution >= 4 is 28.8 Å². The number of aromatic nitrogens is 1. The maximum Gasteiger partial charge on any atom is 0.511 e. The predicted molar refractivity (Wildman–Crippen MR) is 113 cm³/mol. The third-order valence-electron chi connectivity index (χ3n) is 6.65. The van der Waals surface area contributed by atoms with Gasteiger partial charge in [-0.2, -0.15) is 0 Å². The third-order valence-corrected chi connectivity index (χ3v) is 6.65. The Bertz CT molecular complexity index is 1210. The van der Waals surface area contributed by atoms with E-state index in [9.17, 15) is 14.4 Å². The molecule has 3 heterocycles. The SMILES string of the molecule is CCOC(=O)N1CCC2CN(c3c(F)cc4c(=O)c(OC(=O)O)cn(C5CC5)c4c3F)CC21. The van der Waals surface area contributed by atoms with Crippen LogP contribution in [0.3, 0.4) is 0 Å². The molecule has 2 aliphatic heterocycles. The van der Waals surface area contributed by atoms with Gasteiger partial charge >= 0.3 is 12.2 Å². The summed E-state index contributed by atoms with van der Waals surface area (Å²) in [6, 6.07) is 0.603. The maximum absolute atomic E-state index is 15.9. The molecule has 1 amide bonds. The van der Waals surface area contributed by atoms with E-state index < -0.39 is 35.1 Å². The van der Waals surface area contributed by atoms with Crippen molar-refractivity contribution in [3.63, 3.8) is 0 Å². The van der Waals surface area contributed by atoms with Gasteiger partial charge in [0.15, 0.2) is 11.6 Å². The smallest absolute Gasteiger partial charge is 0.450 e. The molecule has 33 heavy (non-hydrogen) atoms. The van der Waals surface area contributed by atoms with Crippen LogP contribution >= 0.6 is 0 Å². The number of likely N-dealkylation sites (tertiary alicyclic amines) is 1. The number of carboxylic acid groups (broad SMARTS) is 1. The van der Waals surface area contributed by atoms with Crippen LogP contribution in [0, 0.1) is 17.6 Å². The van der Waals surface area contributed by atoms with Crippen LogP contribution in [0.4, 0.5) is 24.1 Å². The number of pyridine rings is 1. The molecule has 176 valence electrons. The number of carbonyl (C=O) groups is 2. The molecule has 1 aromatic carbocycles. The minimum absolute atomic E-state index is 0.0564. The van der Waals surface area contributed by atoms with Crippen molar-refractivity contribution in [2.75, 3.05) is 31.1 Å². The molecule has 3 fully saturated rings. The van der Waals surface area contributed by atoms with Crippen LogP contribution < -0.4 is 15.1 Å². The fraction of sp³-hybridized carbons (Fsp3) is 0.500. The lowest BCUT2D eigenvalue weighted by Crippen LogP contribution is -2.40. The van der Waals surface area contributed by atoms with E-state index >= 15 is 8.78 Å². The summed E-state index contributed by atoms with van der Waals surface area (Å²) in [6.45, 7) is 3.12. The van der Waals surface area contributed by atoms with E-state index in [2.05, 4.69) is 4.74 Å². The lowest BCUT2D eigenvalue weighted by molar-refractivity contribution is 0.103. The Morgan fingerprint density at radius 3 is 2.64 bits per heavy atom. The van der Waals surface area contributed by atoms with Gasteiger partial charge in [0.2, 0.25) is 5.43 Å². The van der Waals surface area contributed by atoms with Gasteiger partial charge in [0, 0.05) is 31.6 Å². The largest absolute Gasteiger partial charge is 0.511 e. The first-order valence-electron chi connectivity index (χ1n) is 11.0. The van der Waals surface area contributed by atoms with Gasteiger partial charge in [-0.15, -0.1) is 0 Å². The van der Waals surface area contributed by atoms with Gasteiger partial charge in [0.1, 0.15) is 11.5 Å². The van der Waals surface area contributed by atoms with Crippen molar-refractivity contribution in [1.29, 1.82) is 0 Å². The van der Waals surface area contributed by atoms with Crippen LogP contribution in [0.25, 0.3) is 10.9 Å². The van der Waals surface area contributed by atoms with E-state index in [-0.39, 0.29) is 47.7 Å². The summed E-state index contributed by atoms with van der Waals surface area (Å²) in [7, 11) is 0. The predicted octanol–water partition coefficient (Wildman–Crippen LogP) is 3.34. The summed E-state index contributed by atoms with van der Waals surface area (Å²) in [5, 5.41) is 8.64. The van der Waals surface area contributed by atoms with Crippen LogP contribution in [0.15, 0.2) is 17.1 Å². The van der Waals surface area contributed by atoms with E-state index in [1.807, 2.05) is 0 Å². The quantitative estimate of drug-likeness (QED) is 0.694. The number of hydrogen-bond donors (Lipinski definition) is 1. The van der Waals surface area contributed by atoms with E-state index in [4.69, 9.17) is 9.84 Å². The fourth-order valence-electron chi connectivity index (χ4n) is 5.08. The minimum Gasteiger partial charge on any atom is -0.450 e. The Balaban J connectivity index is 1.57. The van der Waals surface area contributed by atoms with Gasteiger partial charge in [0.05, 0.1) is 29.7 Å². The number of benzene rings is 1. The molecule has 11 heteroatoms. The number of anilines is 1. The second kappa shape index (κ2) is 7.89. The number of nitrogens with zero attached hydrogens (tertiary/aromatic N) is 3. The number of hydrogen-bond acceptors (Lipinski definition) is 6. The van der Waals surface area contributed by atoms with Crippen molar-refractivity contribution in [3.05, 3.63) is 34.1 Å². The first-order chi connectivity index (χ1) is 15.8. The van der Waals surface area contributed by atoms with E-state index in [0.29, 0.717) is 19.5 Å². The van der Waals surface area contributed by atoms with Crippen molar-refractivity contribution in [2.24, 2.45) is 5.92 Å². The average molecular weight is 463 g/mol. The van der Waals surface area contributed by atoms with Crippen LogP contribution in [-0.2, 0) is 4.74 Å². The molecule has 0 spiro atoms. The number of ether oxygens (including phenoxy) is 2. The van der Waals surface area contributed by atoms with Crippen molar-refractivity contribution in [3.8, 4) is 5.75 Å². The van der Waals surface area contributed by atoms with Crippen LogP contribution in [0.1, 0.15) is 32.2 Å². The molecular formula is C22H23F2N3O6. The highest BCUT2D eigenvalue weighted by Gasteiger charge is 2.45. The summed E-state index contributed by atoms with van der Waals surface area (Å²) in [5.41, 5.74) is -1.21. The summed E-state index contributed by atoms with van der Waals surface area (Å²) in [6.07, 6.45) is 1.22. The second-order valence-electron chi connectivity index (χ2n) is 8.66. The number of carbonyl (C=O) groups excluding carboxylic acids is 1. The average Bonchev–Trinajstić information content (AvgIpc) is 3.40. The molecule has 0 radical (unpaired) electrons. The van der Waals surface area contributed by atoms with Gasteiger partial charge < -0.3 is 28.9 Å². The lowest BCUT2D eigenvalue weighted by Gasteiger charge is -2.26. The topological polar surface area (TPSA) is 101 Å². The molecule has 2 aromatic rings. The van der Waals surface area contributed by atoms with Crippen LogP contribution in [0.2, 0.25) is 0 Å². The number of fused-ring (bicyclic) bond motifs is 2. The van der Waals surface area contributed by atoms with Crippen molar-refractivity contribution in [1.82, 2.24) is 9.47 Å². The standard InChI is InChI=1S/C22H23F2N3O6/c1-2-32-21(29)26-6-5-11-8-25(9-15(11)26)19-14(23)7-13-18(17(19)24)27(12-3-4-12)10-16(20(13)28)33-22(30)31/h7,10-12,15H,2-6,8-9H2,1H3,(H,30,31). The van der Waals surface area contributed by atoms with Crippen LogP contribution in [0.5, 0.6) is 5.75 Å². The highest BCUT2D eigenvalue weighted by molar-refractivity contribution is 5.86. The first-order valence-corrected chi connectivity index (χ1v) is 11.0. The molecule has 2 atom stereocenters. The van der Waals surface area contributed by atoms with Crippen molar-refractivity contribution in [2.45, 2.75) is 38.3 Å². The fourth-order valence-corrected chi connectivity index (χ4v) is 5.08. The summed E-state index contributed by atoms with van der Waals surface area (Å²) >= 11 is 0. The molecule has 0 bridgehead atoms. The van der Waals surface area contributed by atoms with Gasteiger partial charge in [0.25, 0.3) is 0 Å². The molecule has 2 saturated heterocycles. The van der Waals surface area contributed by atoms with Crippen LogP contribution in [-0.4, -0.2) is 59.1 Å². The summed E-state index contributed by atoms with van der Waals surface area (Å²) < 4.78 is 42.2. The van der Waals surface area contributed by atoms with E-state index in [1.54, 1.807) is 16.7 Å². The zero-order valence-corrected chi connectivity index (χ0v) is 17.9. The maximum atomic E-state index is 15.9. The summed E-state index contributed by atoms with van der Waals surface area (Å²) in [4.78, 5) is 39.1. The Morgan fingerprint density at radius 1 is 1.21 bits per heavy atom. The summed E-state index contributed by atoms with van der Waals surface area (Å²) in [5.74, 6) is -2.23. The highest BCUT2D eigenvalue weighted by atomic mass is 19.1. The lowest BCUT2D eigenvalue weighted by atomic mass is 10.1. The van der Waals surface area contributed by atoms with Gasteiger partial charge in [-0.05, 0) is 32.3 Å². The minimum atomic E-state index is -1.68. The monoisotopic (exact) mass is 463 g/mol. The molecule has 5 rings (SSSR count). The number of rotatable bonds is 4. The molecule has 1 saturated carbocycles. The zero-order valence-electron chi connectivity index (χ0n) is 17.9. The third kappa shape index (κ3) is 3.55. The van der Waals surface area contributed by atoms with Gasteiger partial charge in [-0.25, -0.2) is 18.4 Å². The van der Waals surface area contributed by atoms with E-state index in [1.165, 1.54) is 10.8 Å². The van der Waals surface area contributed by atoms with Crippen molar-refractivity contribution < 1.29 is 33.0 Å². The normalized spacial score (nSPS) is 22.0. The molecule has 1 N–H and O–H groups in total. The van der Waals surface area contributed by atoms with Gasteiger partial charge in [-0.1, -0.05) is 0 Å². The molecular weight excluding hydrogens is 440 g/mol. The Hall–Kier alpha value is -3.37. The number of amides is 1. The molecule has 2 unspecified atom stereocenters. The Labute approximate surface area is 187 Å². The number of halogens is 2. The Morgan fingerprint density at radius 2 is 1.97 bits per heavy atom.